The van der Waals surface area contributed by atoms with E-state index in [1.165, 1.54) is 35.3 Å². The molecule has 0 rings (SSSR count). The van der Waals surface area contributed by atoms with E-state index >= 15 is 0 Å². The van der Waals surface area contributed by atoms with Gasteiger partial charge in [-0.1, -0.05) is 22.9 Å². The first-order chi connectivity index (χ1) is 23.0. The number of hydrogen-bond donors (Lipinski definition) is 2. The van der Waals surface area contributed by atoms with Crippen LogP contribution in [-0.2, 0) is 35.0 Å². The molecule has 0 aliphatic heterocycles. The predicted molar refractivity (Wildman–Crippen MR) is 229 cm³/mol. The second-order valence-electron chi connectivity index (χ2n) is 8.63. The third-order valence-electron chi connectivity index (χ3n) is 4.99. The molecule has 1 atom stereocenters. The van der Waals surface area contributed by atoms with Crippen LogP contribution in [-0.4, -0.2) is 146 Å². The zero-order chi connectivity index (χ0) is 34.5. The first-order valence-corrected chi connectivity index (χ1v) is 28.8. The monoisotopic (exact) mass is 886 g/mol. The van der Waals surface area contributed by atoms with Crippen LogP contribution >= 0.6 is 129 Å². The fourth-order valence-corrected chi connectivity index (χ4v) is 14.5. The van der Waals surface area contributed by atoms with E-state index in [1.807, 2.05) is 35.3 Å². The van der Waals surface area contributed by atoms with Gasteiger partial charge in [-0.15, -0.1) is 58.8 Å². The van der Waals surface area contributed by atoms with Crippen molar-refractivity contribution in [2.75, 3.05) is 114 Å². The summed E-state index contributed by atoms with van der Waals surface area (Å²) in [6.07, 6.45) is 2.33. The Bertz CT molecular complexity index is 733. The minimum Gasteiger partial charge on any atom is -0.616 e. The lowest BCUT2D eigenvalue weighted by Gasteiger charge is -2.10. The van der Waals surface area contributed by atoms with E-state index in [0.29, 0.717) is 31.1 Å². The summed E-state index contributed by atoms with van der Waals surface area (Å²) in [6.45, 7) is 0. The molecular weight excluding hydrogens is 837 g/mol. The van der Waals surface area contributed by atoms with Crippen molar-refractivity contribution in [1.82, 2.24) is 0 Å². The molecular formula is C27H50O8S12. The molecule has 0 aliphatic rings. The molecule has 0 aromatic rings. The maximum atomic E-state index is 12.2. The smallest absolute Gasteiger partial charge is 0.307 e. The quantitative estimate of drug-likeness (QED) is 0.0298. The Balaban J connectivity index is 3.35. The van der Waals surface area contributed by atoms with Crippen LogP contribution in [0.25, 0.3) is 0 Å². The van der Waals surface area contributed by atoms with E-state index in [0.717, 1.165) is 96.5 Å². The summed E-state index contributed by atoms with van der Waals surface area (Å²) < 4.78 is 22.6. The van der Waals surface area contributed by atoms with Crippen LogP contribution in [0.1, 0.15) is 25.7 Å². The molecule has 0 saturated carbocycles. The fourth-order valence-electron chi connectivity index (χ4n) is 2.70. The highest BCUT2D eigenvalue weighted by molar-refractivity contribution is 8.18. The Kier molecular flexibility index (Phi) is 43.8. The van der Waals surface area contributed by atoms with Crippen molar-refractivity contribution in [3.8, 4) is 0 Å². The van der Waals surface area contributed by atoms with E-state index in [-0.39, 0.29) is 28.9 Å². The van der Waals surface area contributed by atoms with Crippen molar-refractivity contribution in [2.45, 2.75) is 25.7 Å². The number of hydrogen-bond acceptors (Lipinski definition) is 19. The van der Waals surface area contributed by atoms with Gasteiger partial charge in [0, 0.05) is 85.6 Å². The summed E-state index contributed by atoms with van der Waals surface area (Å²) >= 11 is 17.3. The molecule has 1 unspecified atom stereocenters. The van der Waals surface area contributed by atoms with Crippen LogP contribution in [0.3, 0.4) is 0 Å². The number of thioether (sulfide) groups is 11. The number of rotatable bonds is 37. The molecule has 2 N–H and O–H groups in total. The van der Waals surface area contributed by atoms with Gasteiger partial charge in [-0.25, -0.2) is 0 Å². The van der Waals surface area contributed by atoms with E-state index in [9.17, 15) is 18.9 Å². The third kappa shape index (κ3) is 41.3. The van der Waals surface area contributed by atoms with Crippen molar-refractivity contribution in [3.63, 3.8) is 0 Å². The molecule has 47 heavy (non-hydrogen) atoms. The molecule has 0 radical (unpaired) electrons. The first kappa shape index (κ1) is 49.7. The van der Waals surface area contributed by atoms with Gasteiger partial charge in [-0.2, -0.15) is 58.8 Å². The molecule has 0 fully saturated rings. The van der Waals surface area contributed by atoms with Crippen molar-refractivity contribution in [2.24, 2.45) is 0 Å². The average molecular weight is 887 g/mol. The second-order valence-corrected chi connectivity index (χ2v) is 23.5. The van der Waals surface area contributed by atoms with Gasteiger partial charge in [0.05, 0.1) is 24.7 Å². The number of carbonyl (C=O) groups excluding carboxylic acids is 3. The van der Waals surface area contributed by atoms with Gasteiger partial charge >= 0.3 is 11.9 Å². The predicted octanol–water partition coefficient (Wildman–Crippen LogP) is 6.66. The van der Waals surface area contributed by atoms with Crippen molar-refractivity contribution < 1.29 is 38.6 Å². The van der Waals surface area contributed by atoms with Gasteiger partial charge in [-0.3, -0.25) is 14.4 Å². The maximum absolute atomic E-state index is 12.2. The highest BCUT2D eigenvalue weighted by Gasteiger charge is 2.08. The lowest BCUT2D eigenvalue weighted by molar-refractivity contribution is -0.141. The average Bonchev–Trinajstić information content (AvgIpc) is 3.06. The minimum absolute atomic E-state index is 0.122. The van der Waals surface area contributed by atoms with Crippen molar-refractivity contribution >= 4 is 158 Å². The van der Waals surface area contributed by atoms with Crippen LogP contribution in [0.4, 0.5) is 0 Å². The van der Waals surface area contributed by atoms with Gasteiger partial charge in [-0.05, 0) is 5.75 Å². The Morgan fingerprint density at radius 3 is 1.51 bits per heavy atom. The van der Waals surface area contributed by atoms with Gasteiger partial charge in [0.25, 0.3) is 0 Å². The molecule has 20 heteroatoms. The van der Waals surface area contributed by atoms with E-state index in [2.05, 4.69) is 0 Å². The molecule has 0 amide bonds. The highest BCUT2D eigenvalue weighted by atomic mass is 32.2. The summed E-state index contributed by atoms with van der Waals surface area (Å²) in [5, 5.41) is 20.4. The van der Waals surface area contributed by atoms with Crippen LogP contribution in [0.5, 0.6) is 0 Å². The summed E-state index contributed by atoms with van der Waals surface area (Å²) in [5.41, 5.74) is 0. The van der Waals surface area contributed by atoms with Gasteiger partial charge < -0.3 is 24.2 Å². The van der Waals surface area contributed by atoms with Crippen molar-refractivity contribution in [3.05, 3.63) is 0 Å². The van der Waals surface area contributed by atoms with Crippen molar-refractivity contribution in [1.29, 1.82) is 0 Å². The molecule has 0 aliphatic carbocycles. The number of esters is 2. The summed E-state index contributed by atoms with van der Waals surface area (Å²) in [5.74, 6) is 11.4. The van der Waals surface area contributed by atoms with Crippen LogP contribution in [0.2, 0.25) is 0 Å². The SMILES string of the molecule is O=C(CCSCSCCC[S+]([O-])CCSCSCCSC(=O)CCSCSCCC(=O)OCSCCSCO)OCSCCSCO. The van der Waals surface area contributed by atoms with E-state index in [1.54, 1.807) is 58.8 Å². The van der Waals surface area contributed by atoms with E-state index in [4.69, 9.17) is 19.7 Å². The molecule has 0 aromatic carbocycles. The number of aliphatic hydroxyl groups is 2. The normalized spacial score (nSPS) is 11.9. The van der Waals surface area contributed by atoms with Gasteiger partial charge in [0.2, 0.25) is 0 Å². The molecule has 0 bridgehead atoms. The number of carbonyl (C=O) groups is 3. The minimum atomic E-state index is -0.775. The number of aliphatic hydroxyl groups excluding tert-OH is 2. The maximum Gasteiger partial charge on any atom is 0.307 e. The molecule has 0 saturated heterocycles. The molecule has 0 spiro atoms. The molecule has 8 nitrogen and oxygen atoms in total. The zero-order valence-electron chi connectivity index (χ0n) is 26.7. The Hall–Kier alpha value is 2.69. The lowest BCUT2D eigenvalue weighted by Crippen LogP contribution is -2.13. The lowest BCUT2D eigenvalue weighted by atomic mass is 10.5. The van der Waals surface area contributed by atoms with Crippen LogP contribution < -0.4 is 0 Å². The van der Waals surface area contributed by atoms with Gasteiger partial charge in [0.15, 0.2) is 5.12 Å². The number of ether oxygens (including phenoxy) is 2. The summed E-state index contributed by atoms with van der Waals surface area (Å²) in [7, 11) is 0. The third-order valence-corrected chi connectivity index (χ3v) is 18.3. The molecule has 0 heterocycles. The highest BCUT2D eigenvalue weighted by Crippen LogP contribution is 2.19. The topological polar surface area (TPSA) is 133 Å². The largest absolute Gasteiger partial charge is 0.616 e. The molecule has 0 aromatic heterocycles. The standard InChI is InChI=1S/C27H50O8S12/c28-18-36-9-11-38-20-34-25(30)2-6-41-22-40-5-1-16-47(33)17-15-45-24-44-13-14-46-27(32)4-8-43-23-42-7-3-26(31)35-21-39-12-10-37-19-29/h28-29H,1-24H2. The first-order valence-electron chi connectivity index (χ1n) is 14.8. The Labute approximate surface area is 332 Å². The fraction of sp³-hybridized carbons (Fsp3) is 0.889. The van der Waals surface area contributed by atoms with Gasteiger partial charge in [0.1, 0.15) is 23.4 Å². The summed E-state index contributed by atoms with van der Waals surface area (Å²) in [6, 6.07) is 0. The van der Waals surface area contributed by atoms with Crippen LogP contribution in [0, 0.1) is 0 Å². The zero-order valence-corrected chi connectivity index (χ0v) is 36.5. The summed E-state index contributed by atoms with van der Waals surface area (Å²) in [4.78, 5) is 35.4. The van der Waals surface area contributed by atoms with E-state index < -0.39 is 11.2 Å². The Morgan fingerprint density at radius 2 is 0.957 bits per heavy atom. The Morgan fingerprint density at radius 1 is 0.511 bits per heavy atom. The second kappa shape index (κ2) is 41.4. The van der Waals surface area contributed by atoms with Crippen LogP contribution in [0.15, 0.2) is 0 Å². The molecule has 278 valence electrons.